The molecule has 0 aliphatic heterocycles. The number of methoxy groups -OCH3 is 1. The summed E-state index contributed by atoms with van der Waals surface area (Å²) in [6.07, 6.45) is 0.957. The number of hydrogen-bond donors (Lipinski definition) is 1. The van der Waals surface area contributed by atoms with Gasteiger partial charge in [0.15, 0.2) is 0 Å². The third-order valence-electron chi connectivity index (χ3n) is 1.96. The van der Waals surface area contributed by atoms with Gasteiger partial charge in [-0.2, -0.15) is 5.10 Å². The van der Waals surface area contributed by atoms with E-state index in [0.29, 0.717) is 12.3 Å². The summed E-state index contributed by atoms with van der Waals surface area (Å²) in [5.74, 6) is 0.0949. The zero-order valence-electron chi connectivity index (χ0n) is 10.3. The van der Waals surface area contributed by atoms with E-state index in [1.807, 2.05) is 6.92 Å². The minimum Gasteiger partial charge on any atom is -0.494 e. The molecule has 0 saturated heterocycles. The molecule has 0 atom stereocenters. The summed E-state index contributed by atoms with van der Waals surface area (Å²) in [7, 11) is 1.24. The first-order chi connectivity index (χ1) is 8.67. The topological polar surface area (TPSA) is 59.9 Å². The smallest absolute Gasteiger partial charge is 0.370 e. The molecular weight excluding hydrogens is 256 g/mol. The lowest BCUT2D eigenvalue weighted by molar-refractivity contribution is -0.132. The highest BCUT2D eigenvalue weighted by Gasteiger charge is 2.07. The summed E-state index contributed by atoms with van der Waals surface area (Å²) in [6, 6.07) is 7.16. The van der Waals surface area contributed by atoms with Gasteiger partial charge in [-0.05, 0) is 30.7 Å². The van der Waals surface area contributed by atoms with Crippen molar-refractivity contribution in [1.29, 1.82) is 0 Å². The van der Waals surface area contributed by atoms with Crippen LogP contribution < -0.4 is 10.2 Å². The first-order valence-electron chi connectivity index (χ1n) is 5.47. The van der Waals surface area contributed by atoms with Crippen LogP contribution in [0.2, 0.25) is 0 Å². The van der Waals surface area contributed by atoms with Crippen molar-refractivity contribution in [3.8, 4) is 5.75 Å². The van der Waals surface area contributed by atoms with Crippen molar-refractivity contribution in [2.24, 2.45) is 5.10 Å². The summed E-state index contributed by atoms with van der Waals surface area (Å²) in [4.78, 5) is 11.0. The van der Waals surface area contributed by atoms with E-state index >= 15 is 0 Å². The molecule has 0 fully saturated rings. The molecule has 6 heteroatoms. The molecular formula is C12H15ClN2O3. The first-order valence-corrected chi connectivity index (χ1v) is 5.85. The molecule has 0 unspecified atom stereocenters. The molecule has 0 aliphatic rings. The second kappa shape index (κ2) is 7.55. The number of hydrazone groups is 1. The van der Waals surface area contributed by atoms with Crippen molar-refractivity contribution in [1.82, 2.24) is 0 Å². The zero-order chi connectivity index (χ0) is 13.4. The lowest BCUT2D eigenvalue weighted by Gasteiger charge is -2.05. The lowest BCUT2D eigenvalue weighted by Crippen LogP contribution is -2.11. The second-order valence-corrected chi connectivity index (χ2v) is 3.74. The molecule has 1 N–H and O–H groups in total. The molecule has 1 aromatic rings. The normalized spacial score (nSPS) is 10.9. The number of carbonyl (C=O) groups is 1. The molecule has 0 aliphatic carbocycles. The molecule has 18 heavy (non-hydrogen) atoms. The predicted molar refractivity (Wildman–Crippen MR) is 71.2 cm³/mol. The Morgan fingerprint density at radius 2 is 2.06 bits per heavy atom. The van der Waals surface area contributed by atoms with Crippen LogP contribution in [0.5, 0.6) is 5.75 Å². The van der Waals surface area contributed by atoms with E-state index in [-0.39, 0.29) is 5.17 Å². The highest BCUT2D eigenvalue weighted by atomic mass is 35.5. The molecule has 0 radical (unpaired) electrons. The van der Waals surface area contributed by atoms with Gasteiger partial charge in [0.2, 0.25) is 5.17 Å². The molecule has 0 heterocycles. The van der Waals surface area contributed by atoms with Gasteiger partial charge in [-0.25, -0.2) is 4.79 Å². The van der Waals surface area contributed by atoms with Crippen LogP contribution >= 0.6 is 11.6 Å². The molecule has 0 bridgehead atoms. The third-order valence-corrected chi connectivity index (χ3v) is 2.20. The van der Waals surface area contributed by atoms with Gasteiger partial charge in [0, 0.05) is 0 Å². The fourth-order valence-electron chi connectivity index (χ4n) is 1.09. The Morgan fingerprint density at radius 1 is 1.39 bits per heavy atom. The van der Waals surface area contributed by atoms with E-state index in [1.54, 1.807) is 24.3 Å². The van der Waals surface area contributed by atoms with Crippen LogP contribution in [0.1, 0.15) is 13.3 Å². The zero-order valence-corrected chi connectivity index (χ0v) is 11.0. The average Bonchev–Trinajstić information content (AvgIpc) is 2.42. The van der Waals surface area contributed by atoms with Gasteiger partial charge in [-0.3, -0.25) is 5.43 Å². The minimum absolute atomic E-state index is 0.260. The number of nitrogens with one attached hydrogen (secondary N) is 1. The number of ether oxygens (including phenoxy) is 2. The predicted octanol–water partition coefficient (Wildman–Crippen LogP) is 2.61. The Hall–Kier alpha value is -1.75. The number of halogens is 1. The number of rotatable bonds is 6. The van der Waals surface area contributed by atoms with E-state index in [1.165, 1.54) is 7.11 Å². The Balaban J connectivity index is 2.56. The lowest BCUT2D eigenvalue weighted by atomic mass is 10.3. The van der Waals surface area contributed by atoms with E-state index in [9.17, 15) is 4.79 Å². The van der Waals surface area contributed by atoms with Crippen LogP contribution in [-0.2, 0) is 9.53 Å². The van der Waals surface area contributed by atoms with Gasteiger partial charge in [-0.1, -0.05) is 18.5 Å². The number of anilines is 1. The summed E-state index contributed by atoms with van der Waals surface area (Å²) >= 11 is 5.57. The van der Waals surface area contributed by atoms with Crippen molar-refractivity contribution >= 4 is 28.4 Å². The molecule has 5 nitrogen and oxygen atoms in total. The Bertz CT molecular complexity index is 418. The first kappa shape index (κ1) is 14.3. The quantitative estimate of drug-likeness (QED) is 0.490. The van der Waals surface area contributed by atoms with Crippen molar-refractivity contribution < 1.29 is 14.3 Å². The fraction of sp³-hybridized carbons (Fsp3) is 0.333. The summed E-state index contributed by atoms with van der Waals surface area (Å²) < 4.78 is 9.83. The molecule has 0 saturated carbocycles. The van der Waals surface area contributed by atoms with Gasteiger partial charge in [0.05, 0.1) is 19.4 Å². The van der Waals surface area contributed by atoms with E-state index in [0.717, 1.165) is 12.2 Å². The second-order valence-electron chi connectivity index (χ2n) is 3.38. The van der Waals surface area contributed by atoms with Crippen LogP contribution in [0.3, 0.4) is 0 Å². The maximum Gasteiger partial charge on any atom is 0.370 e. The van der Waals surface area contributed by atoms with E-state index in [4.69, 9.17) is 16.3 Å². The van der Waals surface area contributed by atoms with Gasteiger partial charge in [-0.15, -0.1) is 0 Å². The van der Waals surface area contributed by atoms with Crippen LogP contribution in [0, 0.1) is 0 Å². The van der Waals surface area contributed by atoms with Gasteiger partial charge in [0.1, 0.15) is 5.75 Å². The van der Waals surface area contributed by atoms with Crippen molar-refractivity contribution in [2.75, 3.05) is 19.1 Å². The van der Waals surface area contributed by atoms with Gasteiger partial charge < -0.3 is 9.47 Å². The van der Waals surface area contributed by atoms with Gasteiger partial charge >= 0.3 is 5.97 Å². The maximum absolute atomic E-state index is 11.0. The Morgan fingerprint density at radius 3 is 2.61 bits per heavy atom. The largest absolute Gasteiger partial charge is 0.494 e. The molecule has 98 valence electrons. The van der Waals surface area contributed by atoms with E-state index < -0.39 is 5.97 Å². The monoisotopic (exact) mass is 270 g/mol. The van der Waals surface area contributed by atoms with Crippen LogP contribution in [0.4, 0.5) is 5.69 Å². The molecule has 0 aromatic heterocycles. The summed E-state index contributed by atoms with van der Waals surface area (Å²) in [5, 5.41) is 3.41. The summed E-state index contributed by atoms with van der Waals surface area (Å²) in [5.41, 5.74) is 3.34. The average molecular weight is 271 g/mol. The fourth-order valence-corrected chi connectivity index (χ4v) is 1.21. The molecule has 1 rings (SSSR count). The number of hydrogen-bond acceptors (Lipinski definition) is 5. The van der Waals surface area contributed by atoms with Crippen LogP contribution in [-0.4, -0.2) is 24.9 Å². The van der Waals surface area contributed by atoms with Crippen LogP contribution in [0.15, 0.2) is 29.4 Å². The number of benzene rings is 1. The maximum atomic E-state index is 11.0. The summed E-state index contributed by atoms with van der Waals surface area (Å²) in [6.45, 7) is 2.72. The number of nitrogens with zero attached hydrogens (tertiary/aromatic N) is 1. The molecule has 0 spiro atoms. The van der Waals surface area contributed by atoms with E-state index in [2.05, 4.69) is 15.3 Å². The minimum atomic E-state index is -0.688. The van der Waals surface area contributed by atoms with Gasteiger partial charge in [0.25, 0.3) is 0 Å². The Labute approximate surface area is 111 Å². The molecule has 0 amide bonds. The van der Waals surface area contributed by atoms with Crippen molar-refractivity contribution in [3.63, 3.8) is 0 Å². The highest BCUT2D eigenvalue weighted by Crippen LogP contribution is 2.15. The van der Waals surface area contributed by atoms with Crippen molar-refractivity contribution in [2.45, 2.75) is 13.3 Å². The number of esters is 1. The SMILES string of the molecule is CCCOc1ccc(N/N=C(\Cl)C(=O)OC)cc1. The standard InChI is InChI=1S/C12H15ClN2O3/c1-3-8-18-10-6-4-9(5-7-10)14-15-11(13)12(16)17-2/h4-7,14H,3,8H2,1-2H3/b15-11-. The molecule has 1 aromatic carbocycles. The highest BCUT2D eigenvalue weighted by molar-refractivity contribution is 6.82. The van der Waals surface area contributed by atoms with Crippen LogP contribution in [0.25, 0.3) is 0 Å². The van der Waals surface area contributed by atoms with Crippen molar-refractivity contribution in [3.05, 3.63) is 24.3 Å². The Kier molecular flexibility index (Phi) is 6.00. The third kappa shape index (κ3) is 4.63. The number of carbonyl (C=O) groups excluding carboxylic acids is 1.